The fourth-order valence-corrected chi connectivity index (χ4v) is 1.75. The first-order valence-corrected chi connectivity index (χ1v) is 4.95. The molecule has 0 aliphatic carbocycles. The maximum absolute atomic E-state index is 5.60. The Morgan fingerprint density at radius 1 is 1.31 bits per heavy atom. The SMILES string of the molecule is Cc1ccccc1C(C)C=C(Cl)Cl. The van der Waals surface area contributed by atoms with Crippen LogP contribution in [-0.4, -0.2) is 0 Å². The van der Waals surface area contributed by atoms with E-state index in [2.05, 4.69) is 26.0 Å². The molecule has 0 amide bonds. The lowest BCUT2D eigenvalue weighted by atomic mass is 9.97. The molecule has 1 unspecified atom stereocenters. The molecule has 0 saturated carbocycles. The lowest BCUT2D eigenvalue weighted by molar-refractivity contribution is 0.953. The second kappa shape index (κ2) is 4.69. The van der Waals surface area contributed by atoms with Crippen LogP contribution >= 0.6 is 23.2 Å². The molecule has 0 radical (unpaired) electrons. The monoisotopic (exact) mass is 214 g/mol. The zero-order valence-electron chi connectivity index (χ0n) is 7.72. The van der Waals surface area contributed by atoms with Crippen molar-refractivity contribution in [2.75, 3.05) is 0 Å². The van der Waals surface area contributed by atoms with Gasteiger partial charge in [0.2, 0.25) is 0 Å². The van der Waals surface area contributed by atoms with Crippen LogP contribution in [0.2, 0.25) is 0 Å². The highest BCUT2D eigenvalue weighted by Gasteiger charge is 2.04. The van der Waals surface area contributed by atoms with Gasteiger partial charge in [-0.1, -0.05) is 54.4 Å². The number of benzene rings is 1. The van der Waals surface area contributed by atoms with E-state index in [0.29, 0.717) is 4.49 Å². The Balaban J connectivity index is 2.95. The van der Waals surface area contributed by atoms with Crippen LogP contribution in [-0.2, 0) is 0 Å². The Morgan fingerprint density at radius 2 is 1.92 bits per heavy atom. The predicted molar refractivity (Wildman–Crippen MR) is 59.4 cm³/mol. The van der Waals surface area contributed by atoms with Gasteiger partial charge in [0.1, 0.15) is 4.49 Å². The van der Waals surface area contributed by atoms with E-state index in [9.17, 15) is 0 Å². The van der Waals surface area contributed by atoms with Crippen LogP contribution in [0.1, 0.15) is 24.0 Å². The Bertz CT molecular complexity index is 312. The van der Waals surface area contributed by atoms with E-state index >= 15 is 0 Å². The summed E-state index contributed by atoms with van der Waals surface area (Å²) in [4.78, 5) is 0. The number of halogens is 2. The van der Waals surface area contributed by atoms with Gasteiger partial charge in [0, 0.05) is 5.92 Å². The summed E-state index contributed by atoms with van der Waals surface area (Å²) in [5.74, 6) is 0.270. The van der Waals surface area contributed by atoms with Crippen molar-refractivity contribution in [2.24, 2.45) is 0 Å². The van der Waals surface area contributed by atoms with E-state index in [1.807, 2.05) is 18.2 Å². The average molecular weight is 215 g/mol. The largest absolute Gasteiger partial charge is 0.103 e. The maximum Gasteiger partial charge on any atom is 0.103 e. The van der Waals surface area contributed by atoms with Crippen LogP contribution in [0.3, 0.4) is 0 Å². The summed E-state index contributed by atoms with van der Waals surface area (Å²) in [5.41, 5.74) is 2.53. The van der Waals surface area contributed by atoms with Crippen molar-refractivity contribution in [2.45, 2.75) is 19.8 Å². The van der Waals surface area contributed by atoms with Crippen molar-refractivity contribution in [1.29, 1.82) is 0 Å². The molecule has 0 heterocycles. The van der Waals surface area contributed by atoms with Gasteiger partial charge >= 0.3 is 0 Å². The summed E-state index contributed by atoms with van der Waals surface area (Å²) >= 11 is 11.2. The van der Waals surface area contributed by atoms with E-state index in [0.717, 1.165) is 0 Å². The van der Waals surface area contributed by atoms with Crippen molar-refractivity contribution in [1.82, 2.24) is 0 Å². The number of hydrogen-bond donors (Lipinski definition) is 0. The second-order valence-corrected chi connectivity index (χ2v) is 4.11. The van der Waals surface area contributed by atoms with Crippen LogP contribution in [0.25, 0.3) is 0 Å². The quantitative estimate of drug-likeness (QED) is 0.685. The van der Waals surface area contributed by atoms with Crippen molar-refractivity contribution in [3.8, 4) is 0 Å². The minimum atomic E-state index is 0.270. The van der Waals surface area contributed by atoms with E-state index in [1.54, 1.807) is 0 Å². The topological polar surface area (TPSA) is 0 Å². The molecule has 0 aliphatic rings. The van der Waals surface area contributed by atoms with E-state index in [-0.39, 0.29) is 5.92 Å². The van der Waals surface area contributed by atoms with Crippen LogP contribution < -0.4 is 0 Å². The van der Waals surface area contributed by atoms with Crippen LogP contribution in [0.5, 0.6) is 0 Å². The second-order valence-electron chi connectivity index (χ2n) is 3.10. The van der Waals surface area contributed by atoms with Gasteiger partial charge in [-0.15, -0.1) is 0 Å². The van der Waals surface area contributed by atoms with Crippen molar-refractivity contribution < 1.29 is 0 Å². The van der Waals surface area contributed by atoms with E-state index < -0.39 is 0 Å². The minimum absolute atomic E-state index is 0.270. The number of hydrogen-bond acceptors (Lipinski definition) is 0. The highest BCUT2D eigenvalue weighted by molar-refractivity contribution is 6.55. The average Bonchev–Trinajstić information content (AvgIpc) is 2.03. The molecule has 0 bridgehead atoms. The molecule has 0 aromatic heterocycles. The molecule has 1 aromatic carbocycles. The zero-order valence-corrected chi connectivity index (χ0v) is 9.23. The first kappa shape index (κ1) is 10.6. The fourth-order valence-electron chi connectivity index (χ4n) is 1.38. The predicted octanol–water partition coefficient (Wildman–Crippen LogP) is 4.42. The molecule has 0 aliphatic heterocycles. The number of aryl methyl sites for hydroxylation is 1. The maximum atomic E-state index is 5.60. The molecular weight excluding hydrogens is 203 g/mol. The van der Waals surface area contributed by atoms with E-state index in [1.165, 1.54) is 11.1 Å². The molecule has 1 atom stereocenters. The Kier molecular flexibility index (Phi) is 3.83. The highest BCUT2D eigenvalue weighted by Crippen LogP contribution is 2.23. The summed E-state index contributed by atoms with van der Waals surface area (Å²) in [5, 5.41) is 0. The molecule has 70 valence electrons. The van der Waals surface area contributed by atoms with Gasteiger partial charge < -0.3 is 0 Å². The standard InChI is InChI=1S/C11H12Cl2/c1-8-5-3-4-6-10(8)9(2)7-11(12)13/h3-7,9H,1-2H3. The van der Waals surface area contributed by atoms with Gasteiger partial charge in [0.25, 0.3) is 0 Å². The lowest BCUT2D eigenvalue weighted by Gasteiger charge is -2.09. The lowest BCUT2D eigenvalue weighted by Crippen LogP contribution is -1.92. The minimum Gasteiger partial charge on any atom is -0.0712 e. The molecule has 1 aromatic rings. The smallest absolute Gasteiger partial charge is 0.0712 e. The van der Waals surface area contributed by atoms with Gasteiger partial charge in [-0.25, -0.2) is 0 Å². The molecule has 0 saturated heterocycles. The van der Waals surface area contributed by atoms with Crippen molar-refractivity contribution in [3.63, 3.8) is 0 Å². The Morgan fingerprint density at radius 3 is 2.46 bits per heavy atom. The summed E-state index contributed by atoms with van der Waals surface area (Å²) in [7, 11) is 0. The summed E-state index contributed by atoms with van der Waals surface area (Å²) < 4.78 is 0.329. The fraction of sp³-hybridized carbons (Fsp3) is 0.273. The van der Waals surface area contributed by atoms with Gasteiger partial charge in [-0.3, -0.25) is 0 Å². The Labute approximate surface area is 89.2 Å². The molecular formula is C11H12Cl2. The van der Waals surface area contributed by atoms with Crippen LogP contribution in [0.4, 0.5) is 0 Å². The number of rotatable bonds is 2. The van der Waals surface area contributed by atoms with Crippen LogP contribution in [0.15, 0.2) is 34.8 Å². The summed E-state index contributed by atoms with van der Waals surface area (Å²) in [6.45, 7) is 4.16. The van der Waals surface area contributed by atoms with E-state index in [4.69, 9.17) is 23.2 Å². The molecule has 0 nitrogen and oxygen atoms in total. The third-order valence-electron chi connectivity index (χ3n) is 2.06. The third kappa shape index (κ3) is 3.06. The first-order valence-electron chi connectivity index (χ1n) is 4.19. The summed E-state index contributed by atoms with van der Waals surface area (Å²) in [6.07, 6.45) is 1.84. The third-order valence-corrected chi connectivity index (χ3v) is 2.31. The molecule has 0 spiro atoms. The first-order chi connectivity index (χ1) is 6.11. The van der Waals surface area contributed by atoms with Gasteiger partial charge in [-0.05, 0) is 24.1 Å². The molecule has 13 heavy (non-hydrogen) atoms. The molecule has 0 N–H and O–H groups in total. The molecule has 0 fully saturated rings. The summed E-state index contributed by atoms with van der Waals surface area (Å²) in [6, 6.07) is 8.22. The molecule has 2 heteroatoms. The highest BCUT2D eigenvalue weighted by atomic mass is 35.5. The van der Waals surface area contributed by atoms with Gasteiger partial charge in [0.15, 0.2) is 0 Å². The Hall–Kier alpha value is -0.460. The zero-order chi connectivity index (χ0) is 9.84. The van der Waals surface area contributed by atoms with Gasteiger partial charge in [-0.2, -0.15) is 0 Å². The van der Waals surface area contributed by atoms with Crippen molar-refractivity contribution >= 4 is 23.2 Å². The van der Waals surface area contributed by atoms with Crippen LogP contribution in [0, 0.1) is 6.92 Å². The normalized spacial score (nSPS) is 12.3. The molecule has 1 rings (SSSR count). The van der Waals surface area contributed by atoms with Gasteiger partial charge in [0.05, 0.1) is 0 Å². The number of allylic oxidation sites excluding steroid dienone is 1. The van der Waals surface area contributed by atoms with Crippen molar-refractivity contribution in [3.05, 3.63) is 46.0 Å².